The van der Waals surface area contributed by atoms with Gasteiger partial charge in [0.2, 0.25) is 5.91 Å². The van der Waals surface area contributed by atoms with E-state index in [1.807, 2.05) is 42.9 Å². The Morgan fingerprint density at radius 2 is 2.18 bits per heavy atom. The van der Waals surface area contributed by atoms with Gasteiger partial charge >= 0.3 is 0 Å². The summed E-state index contributed by atoms with van der Waals surface area (Å²) in [6.07, 6.45) is 3.28. The highest BCUT2D eigenvalue weighted by molar-refractivity contribution is 7.14. The van der Waals surface area contributed by atoms with Crippen LogP contribution in [0.15, 0.2) is 54.0 Å². The number of carbonyl (C=O) groups excluding carboxylic acids is 1. The summed E-state index contributed by atoms with van der Waals surface area (Å²) in [5.74, 6) is 0.905. The molecule has 140 valence electrons. The van der Waals surface area contributed by atoms with Gasteiger partial charge < -0.3 is 14.6 Å². The van der Waals surface area contributed by atoms with Gasteiger partial charge in [-0.25, -0.2) is 4.98 Å². The summed E-state index contributed by atoms with van der Waals surface area (Å²) < 4.78 is 7.61. The standard InChI is InChI=1S/C22H19N3O2S/c1-25-12-16(17-4-2-3-5-19(17)25)11-21(26)24-22-23-18(13-28-22)14-6-7-20-15(10-14)8-9-27-20/h2-7,10,12-13H,8-9,11H2,1H3,(H,23,24,26). The average Bonchev–Trinajstić information content (AvgIpc) is 3.41. The van der Waals surface area contributed by atoms with Gasteiger partial charge in [-0.1, -0.05) is 18.2 Å². The van der Waals surface area contributed by atoms with Crippen molar-refractivity contribution in [3.05, 3.63) is 65.2 Å². The highest BCUT2D eigenvalue weighted by atomic mass is 32.1. The lowest BCUT2D eigenvalue weighted by Crippen LogP contribution is -2.14. The van der Waals surface area contributed by atoms with E-state index in [0.717, 1.165) is 46.5 Å². The lowest BCUT2D eigenvalue weighted by atomic mass is 10.1. The third-order valence-electron chi connectivity index (χ3n) is 5.07. The van der Waals surface area contributed by atoms with Gasteiger partial charge in [-0.2, -0.15) is 0 Å². The van der Waals surface area contributed by atoms with E-state index in [4.69, 9.17) is 4.74 Å². The van der Waals surface area contributed by atoms with Crippen LogP contribution in [0.4, 0.5) is 5.13 Å². The first kappa shape index (κ1) is 17.0. The first-order valence-electron chi connectivity index (χ1n) is 9.22. The second kappa shape index (κ2) is 6.80. The zero-order chi connectivity index (χ0) is 19.1. The van der Waals surface area contributed by atoms with Gasteiger partial charge in [-0.15, -0.1) is 11.3 Å². The molecule has 1 N–H and O–H groups in total. The van der Waals surface area contributed by atoms with E-state index in [9.17, 15) is 4.79 Å². The number of nitrogens with one attached hydrogen (secondary N) is 1. The Labute approximate surface area is 166 Å². The number of para-hydroxylation sites is 1. The number of aryl methyl sites for hydroxylation is 1. The number of nitrogens with zero attached hydrogens (tertiary/aromatic N) is 2. The molecule has 2 aromatic heterocycles. The van der Waals surface area contributed by atoms with E-state index in [1.165, 1.54) is 16.9 Å². The molecular formula is C22H19N3O2S. The van der Waals surface area contributed by atoms with Gasteiger partial charge in [0.1, 0.15) is 5.75 Å². The molecule has 0 saturated carbocycles. The molecule has 1 aliphatic heterocycles. The monoisotopic (exact) mass is 389 g/mol. The van der Waals surface area contributed by atoms with Crippen LogP contribution in [-0.4, -0.2) is 22.1 Å². The highest BCUT2D eigenvalue weighted by Gasteiger charge is 2.15. The SMILES string of the molecule is Cn1cc(CC(=O)Nc2nc(-c3ccc4c(c3)CCO4)cs2)c2ccccc21. The van der Waals surface area contributed by atoms with Crippen LogP contribution in [0.25, 0.3) is 22.2 Å². The van der Waals surface area contributed by atoms with E-state index >= 15 is 0 Å². The fourth-order valence-electron chi connectivity index (χ4n) is 3.71. The summed E-state index contributed by atoms with van der Waals surface area (Å²) in [5.41, 5.74) is 5.29. The molecule has 4 aromatic rings. The molecule has 0 aliphatic carbocycles. The molecule has 1 aliphatic rings. The molecule has 0 radical (unpaired) electrons. The minimum Gasteiger partial charge on any atom is -0.493 e. The summed E-state index contributed by atoms with van der Waals surface area (Å²) in [7, 11) is 2.00. The molecule has 5 rings (SSSR count). The zero-order valence-electron chi connectivity index (χ0n) is 15.4. The Kier molecular flexibility index (Phi) is 4.13. The van der Waals surface area contributed by atoms with Crippen molar-refractivity contribution in [2.45, 2.75) is 12.8 Å². The van der Waals surface area contributed by atoms with Crippen LogP contribution in [0.3, 0.4) is 0 Å². The molecule has 6 heteroatoms. The maximum Gasteiger partial charge on any atom is 0.230 e. The van der Waals surface area contributed by atoms with Crippen LogP contribution in [0.5, 0.6) is 5.75 Å². The van der Waals surface area contributed by atoms with Crippen molar-refractivity contribution >= 4 is 33.3 Å². The van der Waals surface area contributed by atoms with Gasteiger partial charge in [0.25, 0.3) is 0 Å². The Morgan fingerprint density at radius 3 is 3.11 bits per heavy atom. The molecule has 0 bridgehead atoms. The van der Waals surface area contributed by atoms with Gasteiger partial charge in [0.05, 0.1) is 18.7 Å². The Morgan fingerprint density at radius 1 is 1.29 bits per heavy atom. The van der Waals surface area contributed by atoms with E-state index in [0.29, 0.717) is 11.6 Å². The molecule has 0 unspecified atom stereocenters. The molecule has 0 saturated heterocycles. The molecule has 0 atom stereocenters. The number of fused-ring (bicyclic) bond motifs is 2. The molecule has 28 heavy (non-hydrogen) atoms. The summed E-state index contributed by atoms with van der Waals surface area (Å²) >= 11 is 1.45. The summed E-state index contributed by atoms with van der Waals surface area (Å²) in [5, 5.41) is 6.65. The maximum atomic E-state index is 12.6. The largest absolute Gasteiger partial charge is 0.493 e. The number of amides is 1. The number of hydrogen-bond acceptors (Lipinski definition) is 4. The zero-order valence-corrected chi connectivity index (χ0v) is 16.3. The third kappa shape index (κ3) is 3.05. The number of rotatable bonds is 4. The minimum atomic E-state index is -0.0559. The second-order valence-electron chi connectivity index (χ2n) is 6.97. The van der Waals surface area contributed by atoms with Gasteiger partial charge in [0, 0.05) is 41.5 Å². The smallest absolute Gasteiger partial charge is 0.230 e. The van der Waals surface area contributed by atoms with Gasteiger partial charge in [-0.3, -0.25) is 4.79 Å². The van der Waals surface area contributed by atoms with Crippen molar-refractivity contribution in [1.29, 1.82) is 0 Å². The Hall–Kier alpha value is -3.12. The van der Waals surface area contributed by atoms with Crippen molar-refractivity contribution in [1.82, 2.24) is 9.55 Å². The van der Waals surface area contributed by atoms with Crippen LogP contribution >= 0.6 is 11.3 Å². The topological polar surface area (TPSA) is 56.2 Å². The molecule has 2 aromatic carbocycles. The lowest BCUT2D eigenvalue weighted by Gasteiger charge is -2.02. The number of carbonyl (C=O) groups is 1. The number of benzene rings is 2. The number of aromatic nitrogens is 2. The Balaban J connectivity index is 1.32. The molecule has 0 fully saturated rings. The predicted molar refractivity (Wildman–Crippen MR) is 112 cm³/mol. The van der Waals surface area contributed by atoms with Gasteiger partial charge in [0.15, 0.2) is 5.13 Å². The number of hydrogen-bond donors (Lipinski definition) is 1. The molecule has 3 heterocycles. The molecular weight excluding hydrogens is 370 g/mol. The number of ether oxygens (including phenoxy) is 1. The van der Waals surface area contributed by atoms with Crippen LogP contribution in [0.2, 0.25) is 0 Å². The van der Waals surface area contributed by atoms with E-state index < -0.39 is 0 Å². The molecule has 5 nitrogen and oxygen atoms in total. The van der Waals surface area contributed by atoms with Crippen LogP contribution in [0, 0.1) is 0 Å². The van der Waals surface area contributed by atoms with Crippen molar-refractivity contribution in [2.24, 2.45) is 7.05 Å². The van der Waals surface area contributed by atoms with Gasteiger partial charge in [-0.05, 0) is 35.4 Å². The lowest BCUT2D eigenvalue weighted by molar-refractivity contribution is -0.115. The number of thiazole rings is 1. The fourth-order valence-corrected chi connectivity index (χ4v) is 4.45. The van der Waals surface area contributed by atoms with Crippen LogP contribution < -0.4 is 10.1 Å². The normalized spacial score (nSPS) is 12.8. The molecule has 0 spiro atoms. The minimum absolute atomic E-state index is 0.0559. The second-order valence-corrected chi connectivity index (χ2v) is 7.82. The quantitative estimate of drug-likeness (QED) is 0.562. The van der Waals surface area contributed by atoms with Crippen molar-refractivity contribution < 1.29 is 9.53 Å². The van der Waals surface area contributed by atoms with E-state index in [-0.39, 0.29) is 5.91 Å². The molecule has 1 amide bonds. The van der Waals surface area contributed by atoms with Crippen LogP contribution in [-0.2, 0) is 24.7 Å². The summed E-state index contributed by atoms with van der Waals surface area (Å²) in [6.45, 7) is 0.741. The predicted octanol–water partition coefficient (Wildman–Crippen LogP) is 4.42. The summed E-state index contributed by atoms with van der Waals surface area (Å²) in [4.78, 5) is 17.2. The Bertz CT molecular complexity index is 1190. The van der Waals surface area contributed by atoms with E-state index in [1.54, 1.807) is 0 Å². The van der Waals surface area contributed by atoms with Crippen molar-refractivity contribution in [3.8, 4) is 17.0 Å². The first-order chi connectivity index (χ1) is 13.7. The van der Waals surface area contributed by atoms with Crippen LogP contribution in [0.1, 0.15) is 11.1 Å². The van der Waals surface area contributed by atoms with Crippen molar-refractivity contribution in [2.75, 3.05) is 11.9 Å². The average molecular weight is 389 g/mol. The fraction of sp³-hybridized carbons (Fsp3) is 0.182. The number of anilines is 1. The van der Waals surface area contributed by atoms with Crippen molar-refractivity contribution in [3.63, 3.8) is 0 Å². The highest BCUT2D eigenvalue weighted by Crippen LogP contribution is 2.32. The first-order valence-corrected chi connectivity index (χ1v) is 10.1. The third-order valence-corrected chi connectivity index (χ3v) is 5.82. The van der Waals surface area contributed by atoms with E-state index in [2.05, 4.69) is 33.1 Å². The summed E-state index contributed by atoms with van der Waals surface area (Å²) in [6, 6.07) is 14.3. The maximum absolute atomic E-state index is 12.6.